The van der Waals surface area contributed by atoms with E-state index < -0.39 is 23.5 Å². The summed E-state index contributed by atoms with van der Waals surface area (Å²) in [7, 11) is 3.08. The molecule has 10 rings (SSSR count). The number of halogens is 1. The summed E-state index contributed by atoms with van der Waals surface area (Å²) in [4.78, 5) is 79.8. The minimum atomic E-state index is -0.758. The molecule has 3 saturated heterocycles. The molecular formula is C53H57FN10O6. The summed E-state index contributed by atoms with van der Waals surface area (Å²) in [6, 6.07) is 26.8. The van der Waals surface area contributed by atoms with Crippen molar-refractivity contribution in [1.82, 2.24) is 34.5 Å². The number of likely N-dealkylation sites (tertiary alicyclic amines) is 1. The number of alkyl halides is 1. The third-order valence-corrected chi connectivity index (χ3v) is 13.8. The van der Waals surface area contributed by atoms with Crippen LogP contribution in [0, 0.1) is 0 Å². The highest BCUT2D eigenvalue weighted by Gasteiger charge is 2.50. The van der Waals surface area contributed by atoms with Crippen LogP contribution in [0.5, 0.6) is 6.01 Å². The second kappa shape index (κ2) is 19.8. The van der Waals surface area contributed by atoms with Crippen LogP contribution in [0.1, 0.15) is 63.1 Å². The first kappa shape index (κ1) is 47.5. The Labute approximate surface area is 405 Å². The number of imide groups is 1. The van der Waals surface area contributed by atoms with E-state index in [9.17, 15) is 28.4 Å². The Bertz CT molecular complexity index is 3010. The lowest BCUT2D eigenvalue weighted by atomic mass is 9.82. The molecule has 17 heteroatoms. The van der Waals surface area contributed by atoms with Gasteiger partial charge in [0.2, 0.25) is 17.7 Å². The molecule has 3 aromatic carbocycles. The first-order valence-corrected chi connectivity index (χ1v) is 23.8. The summed E-state index contributed by atoms with van der Waals surface area (Å²) < 4.78 is 21.8. The number of nitrogens with one attached hydrogen (secondary N) is 1. The first-order valence-electron chi connectivity index (χ1n) is 23.8. The molecule has 0 spiro atoms. The van der Waals surface area contributed by atoms with E-state index in [1.165, 1.54) is 16.4 Å². The van der Waals surface area contributed by atoms with Crippen LogP contribution in [-0.4, -0.2) is 105 Å². The van der Waals surface area contributed by atoms with Gasteiger partial charge >= 0.3 is 17.7 Å². The highest BCUT2D eigenvalue weighted by Crippen LogP contribution is 2.46. The molecule has 16 nitrogen and oxygen atoms in total. The Kier molecular flexibility index (Phi) is 13.5. The SMILES string of the molecule is CC1(C)C(=O)N(C2CCC(=O)NC2=O)c2cccc(CCN3CCCC(F)C3)c21.CCc1c(-c2ccc(-n3c(OC)nn(C)c3=O)cc2-c2ccccc2)ccnc1N1CCN(c2cccnc2)C1=O. The van der Waals surface area contributed by atoms with E-state index in [4.69, 9.17) is 9.72 Å². The van der Waals surface area contributed by atoms with Crippen molar-refractivity contribution in [2.24, 2.45) is 7.05 Å². The van der Waals surface area contributed by atoms with Crippen molar-refractivity contribution in [2.75, 3.05) is 54.5 Å². The van der Waals surface area contributed by atoms with Crippen molar-refractivity contribution in [1.29, 1.82) is 0 Å². The van der Waals surface area contributed by atoms with Crippen molar-refractivity contribution >= 4 is 40.9 Å². The Balaban J connectivity index is 0.000000185. The van der Waals surface area contributed by atoms with Gasteiger partial charge in [0.05, 0.1) is 30.1 Å². The summed E-state index contributed by atoms with van der Waals surface area (Å²) in [5.74, 6) is -0.171. The van der Waals surface area contributed by atoms with Crippen LogP contribution in [0.25, 0.3) is 27.9 Å². The van der Waals surface area contributed by atoms with Crippen LogP contribution < -0.4 is 30.4 Å². The Morgan fingerprint density at radius 1 is 0.843 bits per heavy atom. The Morgan fingerprint density at radius 3 is 2.37 bits per heavy atom. The highest BCUT2D eigenvalue weighted by atomic mass is 19.1. The molecule has 0 aliphatic carbocycles. The summed E-state index contributed by atoms with van der Waals surface area (Å²) >= 11 is 0. The molecule has 362 valence electrons. The van der Waals surface area contributed by atoms with E-state index in [1.807, 2.05) is 98.8 Å². The fourth-order valence-corrected chi connectivity index (χ4v) is 10.3. The largest absolute Gasteiger partial charge is 0.467 e. The fourth-order valence-electron chi connectivity index (χ4n) is 10.3. The third-order valence-electron chi connectivity index (χ3n) is 13.8. The van der Waals surface area contributed by atoms with Crippen LogP contribution in [0.3, 0.4) is 0 Å². The minimum absolute atomic E-state index is 0.115. The third kappa shape index (κ3) is 8.96. The maximum Gasteiger partial charge on any atom is 0.353 e. The predicted octanol–water partition coefficient (Wildman–Crippen LogP) is 6.81. The number of amides is 5. The van der Waals surface area contributed by atoms with Crippen molar-refractivity contribution in [3.05, 3.63) is 131 Å². The number of rotatable bonds is 11. The molecule has 2 atom stereocenters. The molecule has 3 aromatic heterocycles. The molecule has 4 aliphatic rings. The molecule has 0 saturated carbocycles. The van der Waals surface area contributed by atoms with Gasteiger partial charge in [-0.25, -0.2) is 28.2 Å². The van der Waals surface area contributed by atoms with Gasteiger partial charge in [-0.2, -0.15) is 0 Å². The predicted molar refractivity (Wildman–Crippen MR) is 265 cm³/mol. The van der Waals surface area contributed by atoms with E-state index in [1.54, 1.807) is 40.3 Å². The molecule has 70 heavy (non-hydrogen) atoms. The maximum atomic E-state index is 13.7. The lowest BCUT2D eigenvalue weighted by Crippen LogP contribution is -2.55. The zero-order valence-electron chi connectivity index (χ0n) is 40.1. The molecule has 6 aromatic rings. The number of methoxy groups -OCH3 is 1. The number of piperidine rings is 2. The van der Waals surface area contributed by atoms with Crippen molar-refractivity contribution in [3.8, 4) is 34.0 Å². The van der Waals surface area contributed by atoms with E-state index in [0.717, 1.165) is 76.3 Å². The quantitative estimate of drug-likeness (QED) is 0.136. The Hall–Kier alpha value is -7.53. The smallest absolute Gasteiger partial charge is 0.353 e. The van der Waals surface area contributed by atoms with E-state index in [-0.39, 0.29) is 36.0 Å². The van der Waals surface area contributed by atoms with Crippen molar-refractivity contribution in [3.63, 3.8) is 0 Å². The molecule has 4 aliphatic heterocycles. The number of anilines is 3. The number of urea groups is 1. The molecule has 5 amide bonds. The molecular weight excluding hydrogens is 892 g/mol. The van der Waals surface area contributed by atoms with Crippen LogP contribution in [-0.2, 0) is 39.7 Å². The molecule has 2 unspecified atom stereocenters. The average molecular weight is 949 g/mol. The number of nitrogens with zero attached hydrogens (tertiary/aromatic N) is 9. The number of aryl methyl sites for hydroxylation is 1. The van der Waals surface area contributed by atoms with Gasteiger partial charge < -0.3 is 9.64 Å². The number of aromatic nitrogens is 5. The minimum Gasteiger partial charge on any atom is -0.467 e. The van der Waals surface area contributed by atoms with Gasteiger partial charge in [-0.15, -0.1) is 5.10 Å². The van der Waals surface area contributed by atoms with Crippen molar-refractivity contribution in [2.45, 2.75) is 76.9 Å². The van der Waals surface area contributed by atoms with Crippen LogP contribution >= 0.6 is 0 Å². The zero-order chi connectivity index (χ0) is 49.3. The number of benzene rings is 3. The van der Waals surface area contributed by atoms with Gasteiger partial charge in [0.25, 0.3) is 0 Å². The van der Waals surface area contributed by atoms with E-state index in [2.05, 4.69) is 27.2 Å². The average Bonchev–Trinajstić information content (AvgIpc) is 3.97. The number of fused-ring (bicyclic) bond motifs is 1. The molecule has 3 fully saturated rings. The van der Waals surface area contributed by atoms with Gasteiger partial charge in [0, 0.05) is 63.3 Å². The monoisotopic (exact) mass is 948 g/mol. The fraction of sp³-hybridized carbons (Fsp3) is 0.358. The van der Waals surface area contributed by atoms with Gasteiger partial charge in [-0.05, 0) is 122 Å². The lowest BCUT2D eigenvalue weighted by Gasteiger charge is -2.31. The topological polar surface area (TPSA) is 168 Å². The second-order valence-corrected chi connectivity index (χ2v) is 18.5. The zero-order valence-corrected chi connectivity index (χ0v) is 40.1. The second-order valence-electron chi connectivity index (χ2n) is 18.5. The number of hydrogen-bond donors (Lipinski definition) is 1. The number of pyridine rings is 2. The van der Waals surface area contributed by atoms with Crippen LogP contribution in [0.4, 0.5) is 26.4 Å². The van der Waals surface area contributed by atoms with Crippen LogP contribution in [0.2, 0.25) is 0 Å². The molecule has 0 radical (unpaired) electrons. The normalized spacial score (nSPS) is 19.0. The maximum absolute atomic E-state index is 13.7. The van der Waals surface area contributed by atoms with E-state index >= 15 is 0 Å². The summed E-state index contributed by atoms with van der Waals surface area (Å²) in [6.07, 6.45) is 7.86. The van der Waals surface area contributed by atoms with Gasteiger partial charge in [0.15, 0.2) is 0 Å². The van der Waals surface area contributed by atoms with E-state index in [0.29, 0.717) is 50.4 Å². The highest BCUT2D eigenvalue weighted by molar-refractivity contribution is 6.14. The summed E-state index contributed by atoms with van der Waals surface area (Å²) in [5.41, 5.74) is 7.93. The number of carbonyl (C=O) groups is 4. The standard InChI is InChI=1S/C31H29N7O3.C22H28FN3O3/c1-4-24-26(14-16-33-28(24)37-18-17-36(31(37)40)23-11-8-15-32-20-23)25-13-12-22(19-27(25)21-9-6-5-7-10-21)38-29(41-3)34-35(2)30(38)39;1-22(2)19-14(10-12-25-11-4-6-15(23)13-25)5-3-7-16(19)26(21(22)29)17-8-9-18(27)24-20(17)28/h5-16,19-20H,4,17-18H2,1-3H3;3,5,7,15,17H,4,6,8-13H2,1-2H3,(H,24,27,28). The Morgan fingerprint density at radius 2 is 1.64 bits per heavy atom. The lowest BCUT2D eigenvalue weighted by molar-refractivity contribution is -0.136. The molecule has 1 N–H and O–H groups in total. The first-order chi connectivity index (χ1) is 33.8. The molecule has 7 heterocycles. The van der Waals surface area contributed by atoms with Crippen molar-refractivity contribution < 1.29 is 28.3 Å². The van der Waals surface area contributed by atoms with Gasteiger partial charge in [-0.3, -0.25) is 39.4 Å². The van der Waals surface area contributed by atoms with Crippen LogP contribution in [0.15, 0.2) is 108 Å². The number of hydrogen-bond acceptors (Lipinski definition) is 10. The number of ether oxygens (including phenoxy) is 1. The van der Waals surface area contributed by atoms with Gasteiger partial charge in [0.1, 0.15) is 18.0 Å². The van der Waals surface area contributed by atoms with Gasteiger partial charge in [-0.1, -0.05) is 55.5 Å². The summed E-state index contributed by atoms with van der Waals surface area (Å²) in [5, 5.41) is 6.56. The molecule has 0 bridgehead atoms. The number of carbonyl (C=O) groups excluding carboxylic acids is 4. The summed E-state index contributed by atoms with van der Waals surface area (Å²) in [6.45, 7) is 9.04.